The lowest BCUT2D eigenvalue weighted by molar-refractivity contribution is -0.116. The van der Waals surface area contributed by atoms with E-state index in [2.05, 4.69) is 10.5 Å². The monoisotopic (exact) mass is 230 g/mol. The van der Waals surface area contributed by atoms with E-state index in [1.807, 2.05) is 0 Å². The highest BCUT2D eigenvalue weighted by Crippen LogP contribution is 2.08. The Morgan fingerprint density at radius 3 is 2.93 bits per heavy atom. The van der Waals surface area contributed by atoms with Crippen LogP contribution in [0.1, 0.15) is 31.4 Å². The molecule has 0 bridgehead atoms. The molecule has 0 saturated carbocycles. The van der Waals surface area contributed by atoms with E-state index in [1.54, 1.807) is 13.0 Å². The van der Waals surface area contributed by atoms with Crippen LogP contribution in [0.5, 0.6) is 0 Å². The standard InChI is InChI=1S/C10H15ClN2O2/c1-8-7-9(13-15-8)12-10(14)5-3-2-4-6-11/h7H,2-6H2,1H3,(H,12,13,14). The van der Waals surface area contributed by atoms with Crippen molar-refractivity contribution in [1.82, 2.24) is 5.16 Å². The molecule has 15 heavy (non-hydrogen) atoms. The minimum absolute atomic E-state index is 0.0297. The highest BCUT2D eigenvalue weighted by Gasteiger charge is 2.05. The number of aryl methyl sites for hydroxylation is 1. The van der Waals surface area contributed by atoms with Gasteiger partial charge in [0.25, 0.3) is 0 Å². The SMILES string of the molecule is Cc1cc(NC(=O)CCCCCCl)no1. The quantitative estimate of drug-likeness (QED) is 0.604. The molecule has 0 saturated heterocycles. The summed E-state index contributed by atoms with van der Waals surface area (Å²) in [5.74, 6) is 1.80. The van der Waals surface area contributed by atoms with Crippen LogP contribution in [0.2, 0.25) is 0 Å². The normalized spacial score (nSPS) is 10.3. The van der Waals surface area contributed by atoms with E-state index in [9.17, 15) is 4.79 Å². The first-order chi connectivity index (χ1) is 7.22. The van der Waals surface area contributed by atoms with Gasteiger partial charge in [-0.15, -0.1) is 11.6 Å². The Hall–Kier alpha value is -1.03. The summed E-state index contributed by atoms with van der Waals surface area (Å²) in [7, 11) is 0. The number of carbonyl (C=O) groups is 1. The van der Waals surface area contributed by atoms with Crippen molar-refractivity contribution in [2.45, 2.75) is 32.6 Å². The van der Waals surface area contributed by atoms with Crippen LogP contribution in [-0.2, 0) is 4.79 Å². The molecule has 1 amide bonds. The van der Waals surface area contributed by atoms with Crippen molar-refractivity contribution < 1.29 is 9.32 Å². The van der Waals surface area contributed by atoms with Gasteiger partial charge in [-0.05, 0) is 19.8 Å². The Balaban J connectivity index is 2.18. The van der Waals surface area contributed by atoms with E-state index < -0.39 is 0 Å². The van der Waals surface area contributed by atoms with Gasteiger partial charge >= 0.3 is 0 Å². The number of nitrogens with zero attached hydrogens (tertiary/aromatic N) is 1. The Labute approximate surface area is 94.0 Å². The molecule has 0 aliphatic rings. The zero-order valence-electron chi connectivity index (χ0n) is 8.75. The second kappa shape index (κ2) is 6.45. The van der Waals surface area contributed by atoms with Crippen molar-refractivity contribution in [3.8, 4) is 0 Å². The number of nitrogens with one attached hydrogen (secondary N) is 1. The van der Waals surface area contributed by atoms with Gasteiger partial charge < -0.3 is 9.84 Å². The number of unbranched alkanes of at least 4 members (excludes halogenated alkanes) is 2. The van der Waals surface area contributed by atoms with Crippen LogP contribution in [-0.4, -0.2) is 16.9 Å². The van der Waals surface area contributed by atoms with Crippen LogP contribution in [0.15, 0.2) is 10.6 Å². The third-order valence-electron chi connectivity index (χ3n) is 1.93. The number of carbonyl (C=O) groups excluding carboxylic acids is 1. The molecule has 0 spiro atoms. The van der Waals surface area contributed by atoms with Gasteiger partial charge in [-0.2, -0.15) is 0 Å². The van der Waals surface area contributed by atoms with Crippen molar-refractivity contribution in [2.24, 2.45) is 0 Å². The van der Waals surface area contributed by atoms with Gasteiger partial charge in [-0.3, -0.25) is 4.79 Å². The van der Waals surface area contributed by atoms with E-state index >= 15 is 0 Å². The first kappa shape index (κ1) is 12.0. The molecule has 1 N–H and O–H groups in total. The number of amides is 1. The Morgan fingerprint density at radius 2 is 2.33 bits per heavy atom. The summed E-state index contributed by atoms with van der Waals surface area (Å²) in [6.07, 6.45) is 3.30. The fourth-order valence-electron chi connectivity index (χ4n) is 1.19. The second-order valence-corrected chi connectivity index (χ2v) is 3.75. The summed E-state index contributed by atoms with van der Waals surface area (Å²) in [6, 6.07) is 1.69. The number of aromatic nitrogens is 1. The summed E-state index contributed by atoms with van der Waals surface area (Å²) < 4.78 is 4.83. The van der Waals surface area contributed by atoms with E-state index in [-0.39, 0.29) is 5.91 Å². The number of rotatable bonds is 6. The second-order valence-electron chi connectivity index (χ2n) is 3.37. The van der Waals surface area contributed by atoms with Gasteiger partial charge in [0.2, 0.25) is 5.91 Å². The molecule has 4 nitrogen and oxygen atoms in total. The number of hydrogen-bond donors (Lipinski definition) is 1. The van der Waals surface area contributed by atoms with Crippen LogP contribution in [0.4, 0.5) is 5.82 Å². The maximum Gasteiger partial charge on any atom is 0.225 e. The molecule has 1 aromatic rings. The van der Waals surface area contributed by atoms with E-state index in [4.69, 9.17) is 16.1 Å². The molecule has 0 atom stereocenters. The fourth-order valence-corrected chi connectivity index (χ4v) is 1.38. The summed E-state index contributed by atoms with van der Waals surface area (Å²) in [5, 5.41) is 6.33. The predicted molar refractivity (Wildman–Crippen MR) is 59.1 cm³/mol. The van der Waals surface area contributed by atoms with Crippen LogP contribution >= 0.6 is 11.6 Å². The van der Waals surface area contributed by atoms with Crippen molar-refractivity contribution in [1.29, 1.82) is 0 Å². The number of hydrogen-bond acceptors (Lipinski definition) is 3. The number of alkyl halides is 1. The molecule has 0 aromatic carbocycles. The molecule has 0 unspecified atom stereocenters. The van der Waals surface area contributed by atoms with Crippen LogP contribution in [0.3, 0.4) is 0 Å². The van der Waals surface area contributed by atoms with Gasteiger partial charge in [0, 0.05) is 18.4 Å². The number of anilines is 1. The lowest BCUT2D eigenvalue weighted by atomic mass is 10.2. The van der Waals surface area contributed by atoms with Gasteiger partial charge in [0.15, 0.2) is 5.82 Å². The van der Waals surface area contributed by atoms with Gasteiger partial charge in [-0.25, -0.2) is 0 Å². The van der Waals surface area contributed by atoms with Crippen LogP contribution in [0, 0.1) is 6.92 Å². The van der Waals surface area contributed by atoms with Crippen LogP contribution in [0.25, 0.3) is 0 Å². The molecule has 0 fully saturated rings. The molecule has 1 rings (SSSR count). The summed E-state index contributed by atoms with van der Waals surface area (Å²) in [5.41, 5.74) is 0. The van der Waals surface area contributed by atoms with Gasteiger partial charge in [0.05, 0.1) is 0 Å². The van der Waals surface area contributed by atoms with Crippen molar-refractivity contribution in [2.75, 3.05) is 11.2 Å². The maximum atomic E-state index is 11.4. The molecule has 0 radical (unpaired) electrons. The van der Waals surface area contributed by atoms with E-state index in [1.165, 1.54) is 0 Å². The highest BCUT2D eigenvalue weighted by molar-refractivity contribution is 6.17. The lowest BCUT2D eigenvalue weighted by Gasteiger charge is -2.00. The molecular formula is C10H15ClN2O2. The zero-order chi connectivity index (χ0) is 11.1. The topological polar surface area (TPSA) is 55.1 Å². The van der Waals surface area contributed by atoms with Gasteiger partial charge in [-0.1, -0.05) is 11.6 Å². The van der Waals surface area contributed by atoms with E-state index in [0.29, 0.717) is 23.9 Å². The first-order valence-corrected chi connectivity index (χ1v) is 5.55. The third kappa shape index (κ3) is 4.83. The first-order valence-electron chi connectivity index (χ1n) is 5.01. The molecular weight excluding hydrogens is 216 g/mol. The van der Waals surface area contributed by atoms with Crippen LogP contribution < -0.4 is 5.32 Å². The molecule has 1 heterocycles. The van der Waals surface area contributed by atoms with E-state index in [0.717, 1.165) is 19.3 Å². The molecule has 84 valence electrons. The van der Waals surface area contributed by atoms with Gasteiger partial charge in [0.1, 0.15) is 5.76 Å². The Bertz CT molecular complexity index is 312. The predicted octanol–water partition coefficient (Wildman–Crippen LogP) is 2.72. The van der Waals surface area contributed by atoms with Crippen molar-refractivity contribution >= 4 is 23.3 Å². The average molecular weight is 231 g/mol. The maximum absolute atomic E-state index is 11.4. The molecule has 0 aliphatic carbocycles. The molecule has 1 aromatic heterocycles. The third-order valence-corrected chi connectivity index (χ3v) is 2.20. The molecule has 5 heteroatoms. The fraction of sp³-hybridized carbons (Fsp3) is 0.600. The average Bonchev–Trinajstić information content (AvgIpc) is 2.59. The minimum Gasteiger partial charge on any atom is -0.360 e. The largest absolute Gasteiger partial charge is 0.360 e. The Kier molecular flexibility index (Phi) is 5.18. The van der Waals surface area contributed by atoms with Crippen molar-refractivity contribution in [3.05, 3.63) is 11.8 Å². The summed E-state index contributed by atoms with van der Waals surface area (Å²) in [6.45, 7) is 1.78. The summed E-state index contributed by atoms with van der Waals surface area (Å²) in [4.78, 5) is 11.4. The Morgan fingerprint density at radius 1 is 1.53 bits per heavy atom. The molecule has 0 aliphatic heterocycles. The number of halogens is 1. The summed E-state index contributed by atoms with van der Waals surface area (Å²) >= 11 is 5.53. The zero-order valence-corrected chi connectivity index (χ0v) is 9.51. The smallest absolute Gasteiger partial charge is 0.225 e. The minimum atomic E-state index is -0.0297. The van der Waals surface area contributed by atoms with Crippen molar-refractivity contribution in [3.63, 3.8) is 0 Å². The lowest BCUT2D eigenvalue weighted by Crippen LogP contribution is -2.11. The highest BCUT2D eigenvalue weighted by atomic mass is 35.5.